The van der Waals surface area contributed by atoms with E-state index in [4.69, 9.17) is 5.11 Å². The van der Waals surface area contributed by atoms with E-state index in [1.54, 1.807) is 12.1 Å². The fourth-order valence-electron chi connectivity index (χ4n) is 2.02. The van der Waals surface area contributed by atoms with Crippen molar-refractivity contribution in [2.24, 2.45) is 0 Å². The van der Waals surface area contributed by atoms with Crippen LogP contribution in [0.2, 0.25) is 0 Å². The summed E-state index contributed by atoms with van der Waals surface area (Å²) >= 11 is 0. The Balaban J connectivity index is 2.48. The van der Waals surface area contributed by atoms with Crippen LogP contribution in [0.1, 0.15) is 24.0 Å². The van der Waals surface area contributed by atoms with Crippen molar-refractivity contribution < 1.29 is 18.3 Å². The third kappa shape index (κ3) is 2.10. The molecule has 0 aromatic heterocycles. The summed E-state index contributed by atoms with van der Waals surface area (Å²) in [5, 5.41) is 9.83. The van der Waals surface area contributed by atoms with Gasteiger partial charge in [-0.25, -0.2) is 8.42 Å². The molecule has 0 unspecified atom stereocenters. The van der Waals surface area contributed by atoms with E-state index in [1.165, 1.54) is 5.41 Å². The molecule has 0 saturated heterocycles. The smallest absolute Gasteiger partial charge is 0.303 e. The van der Waals surface area contributed by atoms with Crippen molar-refractivity contribution in [2.45, 2.75) is 24.7 Å². The number of aryl methyl sites for hydroxylation is 1. The molecule has 0 atom stereocenters. The van der Waals surface area contributed by atoms with Crippen molar-refractivity contribution in [3.05, 3.63) is 34.7 Å². The van der Waals surface area contributed by atoms with E-state index in [1.807, 2.05) is 13.0 Å². The molecule has 1 N–H and O–H groups in total. The molecule has 0 spiro atoms. The predicted octanol–water partition coefficient (Wildman–Crippen LogP) is 1.99. The zero-order chi connectivity index (χ0) is 12.6. The first-order valence-corrected chi connectivity index (χ1v) is 6.74. The van der Waals surface area contributed by atoms with E-state index in [0.717, 1.165) is 5.56 Å². The lowest BCUT2D eigenvalue weighted by Crippen LogP contribution is -1.96. The van der Waals surface area contributed by atoms with Crippen LogP contribution in [0.15, 0.2) is 28.5 Å². The van der Waals surface area contributed by atoms with Crippen LogP contribution >= 0.6 is 0 Å². The Labute approximate surface area is 99.5 Å². The third-order valence-electron chi connectivity index (χ3n) is 2.77. The van der Waals surface area contributed by atoms with Gasteiger partial charge in [-0.2, -0.15) is 0 Å². The van der Waals surface area contributed by atoms with E-state index >= 15 is 0 Å². The van der Waals surface area contributed by atoms with Gasteiger partial charge >= 0.3 is 5.97 Å². The van der Waals surface area contributed by atoms with Gasteiger partial charge in [0.2, 0.25) is 9.84 Å². The van der Waals surface area contributed by atoms with Crippen LogP contribution in [-0.2, 0) is 14.6 Å². The molecular formula is C12H12O4S. The fraction of sp³-hybridized carbons (Fsp3) is 0.250. The molecule has 1 aliphatic rings. The number of carbonyl (C=O) groups is 1. The first-order chi connectivity index (χ1) is 7.92. The number of allylic oxidation sites excluding steroid dienone is 1. The summed E-state index contributed by atoms with van der Waals surface area (Å²) in [5.41, 5.74) is 2.13. The Bertz CT molecular complexity index is 611. The Hall–Kier alpha value is -1.62. The van der Waals surface area contributed by atoms with Gasteiger partial charge in [0.05, 0.1) is 4.90 Å². The van der Waals surface area contributed by atoms with E-state index in [9.17, 15) is 13.2 Å². The van der Waals surface area contributed by atoms with Gasteiger partial charge in [-0.05, 0) is 30.5 Å². The molecule has 1 aliphatic heterocycles. The fourth-order valence-corrected chi connectivity index (χ4v) is 3.61. The Morgan fingerprint density at radius 3 is 2.71 bits per heavy atom. The number of aliphatic carboxylic acids is 1. The minimum atomic E-state index is -3.38. The summed E-state index contributed by atoms with van der Waals surface area (Å²) in [4.78, 5) is 10.8. The van der Waals surface area contributed by atoms with Crippen LogP contribution in [0.4, 0.5) is 0 Å². The molecule has 0 radical (unpaired) electrons. The van der Waals surface area contributed by atoms with Gasteiger partial charge in [0.1, 0.15) is 0 Å². The Morgan fingerprint density at radius 2 is 2.06 bits per heavy atom. The van der Waals surface area contributed by atoms with Crippen LogP contribution < -0.4 is 0 Å². The number of sulfone groups is 1. The summed E-state index contributed by atoms with van der Waals surface area (Å²) in [7, 11) is -3.38. The maximum Gasteiger partial charge on any atom is 0.303 e. The van der Waals surface area contributed by atoms with Gasteiger partial charge in [-0.15, -0.1) is 0 Å². The van der Waals surface area contributed by atoms with Crippen LogP contribution in [0.25, 0.3) is 5.57 Å². The van der Waals surface area contributed by atoms with Crippen molar-refractivity contribution >= 4 is 21.4 Å². The molecule has 0 amide bonds. The molecule has 90 valence electrons. The highest BCUT2D eigenvalue weighted by Gasteiger charge is 2.27. The average molecular weight is 252 g/mol. The van der Waals surface area contributed by atoms with Crippen molar-refractivity contribution in [1.82, 2.24) is 0 Å². The summed E-state index contributed by atoms with van der Waals surface area (Å²) in [5.74, 6) is -0.926. The van der Waals surface area contributed by atoms with Crippen LogP contribution in [0.3, 0.4) is 0 Å². The second-order valence-corrected chi connectivity index (χ2v) is 5.80. The Kier molecular flexibility index (Phi) is 2.79. The van der Waals surface area contributed by atoms with Gasteiger partial charge in [-0.3, -0.25) is 4.79 Å². The zero-order valence-corrected chi connectivity index (χ0v) is 10.1. The maximum absolute atomic E-state index is 11.8. The number of carboxylic acids is 1. The summed E-state index contributed by atoms with van der Waals surface area (Å²) < 4.78 is 23.7. The minimum Gasteiger partial charge on any atom is -0.481 e. The number of carboxylic acid groups (broad SMARTS) is 1. The Morgan fingerprint density at radius 1 is 1.35 bits per heavy atom. The predicted molar refractivity (Wildman–Crippen MR) is 63.2 cm³/mol. The van der Waals surface area contributed by atoms with Crippen molar-refractivity contribution in [3.63, 3.8) is 0 Å². The first kappa shape index (κ1) is 11.9. The normalized spacial score (nSPS) is 16.4. The van der Waals surface area contributed by atoms with Crippen molar-refractivity contribution in [3.8, 4) is 0 Å². The molecule has 0 aliphatic carbocycles. The van der Waals surface area contributed by atoms with E-state index in [0.29, 0.717) is 11.1 Å². The number of hydrogen-bond acceptors (Lipinski definition) is 3. The van der Waals surface area contributed by atoms with E-state index in [2.05, 4.69) is 0 Å². The van der Waals surface area contributed by atoms with Crippen molar-refractivity contribution in [2.75, 3.05) is 0 Å². The number of benzene rings is 1. The van der Waals surface area contributed by atoms with Crippen molar-refractivity contribution in [1.29, 1.82) is 0 Å². The molecule has 1 aromatic rings. The molecular weight excluding hydrogens is 240 g/mol. The van der Waals surface area contributed by atoms with Crippen LogP contribution in [0.5, 0.6) is 0 Å². The molecule has 2 rings (SSSR count). The molecule has 0 bridgehead atoms. The number of fused-ring (bicyclic) bond motifs is 1. The molecule has 4 nitrogen and oxygen atoms in total. The lowest BCUT2D eigenvalue weighted by atomic mass is 9.98. The number of hydrogen-bond donors (Lipinski definition) is 1. The SMILES string of the molecule is Cc1cccc2c1C(CCC(=O)O)=CS2(=O)=O. The standard InChI is InChI=1S/C12H12O4S/c1-8-3-2-4-10-12(8)9(5-6-11(13)14)7-17(10,15)16/h2-4,7H,5-6H2,1H3,(H,13,14). The minimum absolute atomic E-state index is 0.0604. The quantitative estimate of drug-likeness (QED) is 0.893. The van der Waals surface area contributed by atoms with Gasteiger partial charge in [0.25, 0.3) is 0 Å². The molecule has 1 aromatic carbocycles. The van der Waals surface area contributed by atoms with Gasteiger partial charge in [0, 0.05) is 17.4 Å². The first-order valence-electron chi connectivity index (χ1n) is 5.19. The van der Waals surface area contributed by atoms with E-state index < -0.39 is 15.8 Å². The summed E-state index contributed by atoms with van der Waals surface area (Å²) in [6.07, 6.45) is 0.182. The molecule has 17 heavy (non-hydrogen) atoms. The topological polar surface area (TPSA) is 71.4 Å². The highest BCUT2D eigenvalue weighted by Crippen LogP contribution is 2.37. The average Bonchev–Trinajstić information content (AvgIpc) is 2.49. The highest BCUT2D eigenvalue weighted by atomic mass is 32.2. The van der Waals surface area contributed by atoms with Crippen LogP contribution in [0, 0.1) is 6.92 Å². The third-order valence-corrected chi connectivity index (χ3v) is 4.32. The molecule has 5 heteroatoms. The monoisotopic (exact) mass is 252 g/mol. The largest absolute Gasteiger partial charge is 0.481 e. The molecule has 0 fully saturated rings. The van der Waals surface area contributed by atoms with Gasteiger partial charge < -0.3 is 5.11 Å². The number of rotatable bonds is 3. The second-order valence-electron chi connectivity index (χ2n) is 4.03. The lowest BCUT2D eigenvalue weighted by Gasteiger charge is -2.06. The molecule has 0 saturated carbocycles. The zero-order valence-electron chi connectivity index (χ0n) is 9.30. The van der Waals surface area contributed by atoms with Gasteiger partial charge in [0.15, 0.2) is 0 Å². The summed E-state index contributed by atoms with van der Waals surface area (Å²) in [6.45, 7) is 1.83. The molecule has 1 heterocycles. The van der Waals surface area contributed by atoms with Gasteiger partial charge in [-0.1, -0.05) is 12.1 Å². The lowest BCUT2D eigenvalue weighted by molar-refractivity contribution is -0.136. The highest BCUT2D eigenvalue weighted by molar-refractivity contribution is 7.95. The maximum atomic E-state index is 11.8. The van der Waals surface area contributed by atoms with Crippen LogP contribution in [-0.4, -0.2) is 19.5 Å². The van der Waals surface area contributed by atoms with E-state index in [-0.39, 0.29) is 17.7 Å². The summed E-state index contributed by atoms with van der Waals surface area (Å²) in [6, 6.07) is 5.08. The second kappa shape index (κ2) is 4.00.